The summed E-state index contributed by atoms with van der Waals surface area (Å²) < 4.78 is 3.79. The van der Waals surface area contributed by atoms with Crippen molar-refractivity contribution in [1.29, 1.82) is 0 Å². The lowest BCUT2D eigenvalue weighted by atomic mass is 10.1. The molecular formula is C12H16INS. The van der Waals surface area contributed by atoms with Gasteiger partial charge in [0.25, 0.3) is 0 Å². The predicted octanol–water partition coefficient (Wildman–Crippen LogP) is 0.138. The molecule has 1 heterocycles. The molecule has 0 unspecified atom stereocenters. The van der Waals surface area contributed by atoms with Crippen molar-refractivity contribution >= 4 is 21.6 Å². The fourth-order valence-corrected chi connectivity index (χ4v) is 3.01. The fraction of sp³-hybridized carbons (Fsp3) is 0.417. The van der Waals surface area contributed by atoms with Crippen molar-refractivity contribution < 1.29 is 28.5 Å². The van der Waals surface area contributed by atoms with E-state index in [2.05, 4.69) is 44.4 Å². The average Bonchev–Trinajstić information content (AvgIpc) is 2.42. The Balaban J connectivity index is 0.00000112. The van der Waals surface area contributed by atoms with Gasteiger partial charge < -0.3 is 24.0 Å². The molecule has 0 atom stereocenters. The molecule has 0 spiro atoms. The van der Waals surface area contributed by atoms with E-state index in [4.69, 9.17) is 0 Å². The van der Waals surface area contributed by atoms with Gasteiger partial charge in [0.2, 0.25) is 10.5 Å². The van der Waals surface area contributed by atoms with Crippen LogP contribution in [0.4, 0.5) is 0 Å². The second-order valence-corrected chi connectivity index (χ2v) is 5.00. The van der Waals surface area contributed by atoms with Crippen LogP contribution in [0.25, 0.3) is 10.2 Å². The zero-order valence-electron chi connectivity index (χ0n) is 9.60. The third-order valence-electron chi connectivity index (χ3n) is 2.82. The zero-order chi connectivity index (χ0) is 10.3. The number of hydrogen-bond acceptors (Lipinski definition) is 1. The van der Waals surface area contributed by atoms with Gasteiger partial charge in [0, 0.05) is 13.0 Å². The van der Waals surface area contributed by atoms with E-state index in [0.717, 1.165) is 6.54 Å². The summed E-state index contributed by atoms with van der Waals surface area (Å²) in [6.45, 7) is 9.82. The van der Waals surface area contributed by atoms with Crippen LogP contribution >= 0.6 is 11.3 Å². The molecule has 2 rings (SSSR count). The van der Waals surface area contributed by atoms with Crippen LogP contribution in [0.15, 0.2) is 12.1 Å². The molecule has 0 fully saturated rings. The summed E-state index contributed by atoms with van der Waals surface area (Å²) in [6, 6.07) is 4.60. The minimum atomic E-state index is 0. The Bertz CT molecular complexity index is 488. The van der Waals surface area contributed by atoms with E-state index in [9.17, 15) is 0 Å². The summed E-state index contributed by atoms with van der Waals surface area (Å²) in [6.07, 6.45) is 0. The van der Waals surface area contributed by atoms with Crippen molar-refractivity contribution in [1.82, 2.24) is 0 Å². The Morgan fingerprint density at radius 1 is 1.13 bits per heavy atom. The summed E-state index contributed by atoms with van der Waals surface area (Å²) in [5.41, 5.74) is 4.16. The highest BCUT2D eigenvalue weighted by atomic mass is 127. The summed E-state index contributed by atoms with van der Waals surface area (Å²) >= 11 is 1.89. The molecule has 0 aliphatic rings. The number of aromatic nitrogens is 1. The number of hydrogen-bond donors (Lipinski definition) is 0. The maximum atomic E-state index is 2.38. The van der Waals surface area contributed by atoms with Crippen LogP contribution in [-0.2, 0) is 6.54 Å². The highest BCUT2D eigenvalue weighted by Gasteiger charge is 2.15. The Morgan fingerprint density at radius 3 is 2.33 bits per heavy atom. The molecule has 0 bridgehead atoms. The van der Waals surface area contributed by atoms with Crippen molar-refractivity contribution in [2.24, 2.45) is 0 Å². The second-order valence-electron chi connectivity index (χ2n) is 3.77. The first-order valence-electron chi connectivity index (χ1n) is 5.03. The summed E-state index contributed by atoms with van der Waals surface area (Å²) in [7, 11) is 0. The molecule has 3 heteroatoms. The molecule has 0 amide bonds. The number of rotatable bonds is 1. The smallest absolute Gasteiger partial charge is 0.235 e. The fourth-order valence-electron chi connectivity index (χ4n) is 1.84. The van der Waals surface area contributed by atoms with E-state index in [-0.39, 0.29) is 24.0 Å². The van der Waals surface area contributed by atoms with E-state index in [1.165, 1.54) is 26.4 Å². The molecule has 1 aromatic carbocycles. The van der Waals surface area contributed by atoms with Crippen molar-refractivity contribution in [2.75, 3.05) is 0 Å². The van der Waals surface area contributed by atoms with Crippen LogP contribution in [-0.4, -0.2) is 0 Å². The monoisotopic (exact) mass is 333 g/mol. The van der Waals surface area contributed by atoms with Gasteiger partial charge in [0.1, 0.15) is 11.2 Å². The van der Waals surface area contributed by atoms with Crippen LogP contribution in [0.5, 0.6) is 0 Å². The lowest BCUT2D eigenvalue weighted by molar-refractivity contribution is -0.669. The first-order valence-corrected chi connectivity index (χ1v) is 5.85. The van der Waals surface area contributed by atoms with Crippen LogP contribution in [0.1, 0.15) is 23.1 Å². The minimum Gasteiger partial charge on any atom is -1.00 e. The van der Waals surface area contributed by atoms with Crippen molar-refractivity contribution in [2.45, 2.75) is 34.2 Å². The molecule has 1 aromatic heterocycles. The summed E-state index contributed by atoms with van der Waals surface area (Å²) in [5, 5.41) is 1.40. The van der Waals surface area contributed by atoms with Crippen molar-refractivity contribution in [3.63, 3.8) is 0 Å². The molecular weight excluding hydrogens is 317 g/mol. The van der Waals surface area contributed by atoms with E-state index in [1.807, 2.05) is 11.3 Å². The van der Waals surface area contributed by atoms with Crippen LogP contribution in [0.3, 0.4) is 0 Å². The Labute approximate surface area is 112 Å². The molecule has 0 aliphatic carbocycles. The SMILES string of the molecule is CC[n+]1c(C)sc2cc(C)c(C)cc21.[I-]. The Kier molecular flexibility index (Phi) is 4.12. The molecule has 0 aliphatic heterocycles. The van der Waals surface area contributed by atoms with Gasteiger partial charge in [0.05, 0.1) is 0 Å². The van der Waals surface area contributed by atoms with Crippen LogP contribution in [0.2, 0.25) is 0 Å². The number of thiazole rings is 1. The summed E-state index contributed by atoms with van der Waals surface area (Å²) in [4.78, 5) is 0. The van der Waals surface area contributed by atoms with Gasteiger partial charge in [-0.3, -0.25) is 0 Å². The van der Waals surface area contributed by atoms with Gasteiger partial charge in [-0.2, -0.15) is 4.57 Å². The average molecular weight is 333 g/mol. The molecule has 15 heavy (non-hydrogen) atoms. The van der Waals surface area contributed by atoms with Crippen LogP contribution < -0.4 is 28.5 Å². The molecule has 0 N–H and O–H groups in total. The lowest BCUT2D eigenvalue weighted by Gasteiger charge is -1.97. The minimum absolute atomic E-state index is 0. The first-order chi connectivity index (χ1) is 6.63. The van der Waals surface area contributed by atoms with Gasteiger partial charge in [-0.1, -0.05) is 11.3 Å². The van der Waals surface area contributed by atoms with Gasteiger partial charge in [-0.05, 0) is 38.0 Å². The number of fused-ring (bicyclic) bond motifs is 1. The number of benzene rings is 1. The molecule has 0 radical (unpaired) electrons. The van der Waals surface area contributed by atoms with Crippen molar-refractivity contribution in [3.05, 3.63) is 28.3 Å². The van der Waals surface area contributed by atoms with E-state index >= 15 is 0 Å². The second kappa shape index (κ2) is 4.78. The molecule has 1 nitrogen and oxygen atoms in total. The third kappa shape index (κ3) is 2.18. The van der Waals surface area contributed by atoms with E-state index in [0.29, 0.717) is 0 Å². The standard InChI is InChI=1S/C12H16NS.HI/c1-5-13-10(4)14-12-7-9(3)8(2)6-11(12)13;/h6-7H,5H2,1-4H3;1H/q+1;/p-1. The van der Waals surface area contributed by atoms with Gasteiger partial charge in [0.15, 0.2) is 0 Å². The Morgan fingerprint density at radius 2 is 1.73 bits per heavy atom. The highest BCUT2D eigenvalue weighted by Crippen LogP contribution is 2.23. The highest BCUT2D eigenvalue weighted by molar-refractivity contribution is 7.18. The quantitative estimate of drug-likeness (QED) is 0.516. The first kappa shape index (κ1) is 12.9. The van der Waals surface area contributed by atoms with Crippen LogP contribution in [0, 0.1) is 20.8 Å². The molecule has 0 saturated carbocycles. The number of nitrogens with zero attached hydrogens (tertiary/aromatic N) is 1. The van der Waals surface area contributed by atoms with E-state index < -0.39 is 0 Å². The topological polar surface area (TPSA) is 3.88 Å². The Hall–Kier alpha value is -0.160. The van der Waals surface area contributed by atoms with Gasteiger partial charge in [-0.25, -0.2) is 0 Å². The van der Waals surface area contributed by atoms with E-state index in [1.54, 1.807) is 0 Å². The van der Waals surface area contributed by atoms with Crippen molar-refractivity contribution in [3.8, 4) is 0 Å². The summed E-state index contributed by atoms with van der Waals surface area (Å²) in [5.74, 6) is 0. The third-order valence-corrected chi connectivity index (χ3v) is 3.88. The zero-order valence-corrected chi connectivity index (χ0v) is 12.6. The number of aryl methyl sites for hydroxylation is 4. The largest absolute Gasteiger partial charge is 1.00 e. The van der Waals surface area contributed by atoms with Gasteiger partial charge in [-0.15, -0.1) is 0 Å². The lowest BCUT2D eigenvalue weighted by Crippen LogP contribution is -3.00. The normalized spacial score (nSPS) is 10.4. The molecule has 2 aromatic rings. The predicted molar refractivity (Wildman–Crippen MR) is 61.9 cm³/mol. The van der Waals surface area contributed by atoms with Gasteiger partial charge >= 0.3 is 0 Å². The maximum absolute atomic E-state index is 2.38. The maximum Gasteiger partial charge on any atom is 0.235 e. The molecule has 0 saturated heterocycles. The molecule has 82 valence electrons. The number of halogens is 1.